The van der Waals surface area contributed by atoms with Crippen LogP contribution >= 0.6 is 11.3 Å². The van der Waals surface area contributed by atoms with E-state index in [1.807, 2.05) is 25.7 Å². The van der Waals surface area contributed by atoms with Crippen LogP contribution in [-0.4, -0.2) is 46.7 Å². The zero-order chi connectivity index (χ0) is 15.6. The van der Waals surface area contributed by atoms with Crippen LogP contribution in [0.15, 0.2) is 17.5 Å². The Balaban J connectivity index is 1.96. The Hall–Kier alpha value is -1.07. The number of hydrogen-bond donors (Lipinski definition) is 0. The molecular weight excluding hydrogens is 284 g/mol. The molecule has 1 amide bonds. The van der Waals surface area contributed by atoms with Gasteiger partial charge in [-0.25, -0.2) is 4.79 Å². The Kier molecular flexibility index (Phi) is 4.94. The molecule has 0 unspecified atom stereocenters. The van der Waals surface area contributed by atoms with Gasteiger partial charge >= 0.3 is 6.09 Å². The van der Waals surface area contributed by atoms with Crippen LogP contribution in [0, 0.1) is 0 Å². The minimum atomic E-state index is -0.436. The summed E-state index contributed by atoms with van der Waals surface area (Å²) in [5, 5.41) is 2.11. The Labute approximate surface area is 131 Å². The highest BCUT2D eigenvalue weighted by molar-refractivity contribution is 7.09. The van der Waals surface area contributed by atoms with Gasteiger partial charge in [0.2, 0.25) is 0 Å². The number of hydrogen-bond acceptors (Lipinski definition) is 4. The van der Waals surface area contributed by atoms with Crippen molar-refractivity contribution in [2.24, 2.45) is 0 Å². The summed E-state index contributed by atoms with van der Waals surface area (Å²) in [4.78, 5) is 18.0. The van der Waals surface area contributed by atoms with Crippen LogP contribution in [-0.2, 0) is 11.3 Å². The van der Waals surface area contributed by atoms with Crippen LogP contribution in [0.5, 0.6) is 0 Å². The molecule has 0 aromatic carbocycles. The standard InChI is InChI=1S/C16H26N2O2S/c1-12-10-18(15(19)20-16(3,4)5)13(2)9-17(12)11-14-7-6-8-21-14/h6-8,12-13H,9-11H2,1-5H3/t12-,13+/m0/s1. The highest BCUT2D eigenvalue weighted by atomic mass is 32.1. The first-order valence-corrected chi connectivity index (χ1v) is 8.40. The summed E-state index contributed by atoms with van der Waals surface area (Å²) in [6.07, 6.45) is -0.197. The molecule has 1 aliphatic rings. The summed E-state index contributed by atoms with van der Waals surface area (Å²) >= 11 is 1.79. The van der Waals surface area contributed by atoms with Gasteiger partial charge < -0.3 is 9.64 Å². The molecule has 1 aliphatic heterocycles. The number of ether oxygens (including phenoxy) is 1. The van der Waals surface area contributed by atoms with Crippen molar-refractivity contribution >= 4 is 17.4 Å². The largest absolute Gasteiger partial charge is 0.444 e. The van der Waals surface area contributed by atoms with E-state index < -0.39 is 5.60 Å². The van der Waals surface area contributed by atoms with Crippen molar-refractivity contribution in [2.45, 2.75) is 58.8 Å². The lowest BCUT2D eigenvalue weighted by molar-refractivity contribution is -0.0115. The predicted octanol–water partition coefficient (Wildman–Crippen LogP) is 3.58. The number of carbonyl (C=O) groups is 1. The van der Waals surface area contributed by atoms with Gasteiger partial charge in [-0.1, -0.05) is 6.07 Å². The molecule has 1 saturated heterocycles. The van der Waals surface area contributed by atoms with Gasteiger partial charge in [-0.2, -0.15) is 0 Å². The normalized spacial score (nSPS) is 24.1. The molecule has 0 saturated carbocycles. The second-order valence-corrected chi connectivity index (χ2v) is 7.87. The average molecular weight is 310 g/mol. The van der Waals surface area contributed by atoms with Crippen LogP contribution in [0.2, 0.25) is 0 Å². The Morgan fingerprint density at radius 2 is 2.05 bits per heavy atom. The minimum Gasteiger partial charge on any atom is -0.444 e. The van der Waals surface area contributed by atoms with Crippen molar-refractivity contribution in [3.8, 4) is 0 Å². The average Bonchev–Trinajstić information content (AvgIpc) is 2.84. The fraction of sp³-hybridized carbons (Fsp3) is 0.688. The lowest BCUT2D eigenvalue weighted by Gasteiger charge is -2.44. The summed E-state index contributed by atoms with van der Waals surface area (Å²) in [7, 11) is 0. The van der Waals surface area contributed by atoms with E-state index in [2.05, 4.69) is 36.3 Å². The third kappa shape index (κ3) is 4.45. The molecule has 1 aromatic heterocycles. The van der Waals surface area contributed by atoms with Crippen molar-refractivity contribution in [1.82, 2.24) is 9.80 Å². The molecule has 2 heterocycles. The van der Waals surface area contributed by atoms with Crippen LogP contribution in [0.3, 0.4) is 0 Å². The molecule has 0 aliphatic carbocycles. The van der Waals surface area contributed by atoms with E-state index >= 15 is 0 Å². The maximum absolute atomic E-state index is 12.3. The molecule has 21 heavy (non-hydrogen) atoms. The number of piperazine rings is 1. The fourth-order valence-corrected chi connectivity index (χ4v) is 3.33. The van der Waals surface area contributed by atoms with Crippen LogP contribution < -0.4 is 0 Å². The molecule has 1 fully saturated rings. The topological polar surface area (TPSA) is 32.8 Å². The van der Waals surface area contributed by atoms with Crippen LogP contribution in [0.25, 0.3) is 0 Å². The number of nitrogens with zero attached hydrogens (tertiary/aromatic N) is 2. The van der Waals surface area contributed by atoms with E-state index in [9.17, 15) is 4.79 Å². The summed E-state index contributed by atoms with van der Waals surface area (Å²) < 4.78 is 5.51. The first-order chi connectivity index (χ1) is 9.76. The van der Waals surface area contributed by atoms with Crippen molar-refractivity contribution in [1.29, 1.82) is 0 Å². The smallest absolute Gasteiger partial charge is 0.410 e. The third-order valence-corrected chi connectivity index (χ3v) is 4.54. The maximum atomic E-state index is 12.3. The molecule has 4 nitrogen and oxygen atoms in total. The number of amides is 1. The fourth-order valence-electron chi connectivity index (χ4n) is 2.60. The summed E-state index contributed by atoms with van der Waals surface area (Å²) in [5.74, 6) is 0. The maximum Gasteiger partial charge on any atom is 0.410 e. The first-order valence-electron chi connectivity index (χ1n) is 7.52. The van der Waals surface area contributed by atoms with E-state index in [-0.39, 0.29) is 12.1 Å². The van der Waals surface area contributed by atoms with E-state index in [4.69, 9.17) is 4.74 Å². The van der Waals surface area contributed by atoms with Gasteiger partial charge in [-0.05, 0) is 46.1 Å². The van der Waals surface area contributed by atoms with E-state index in [1.165, 1.54) is 4.88 Å². The van der Waals surface area contributed by atoms with E-state index in [0.29, 0.717) is 6.04 Å². The van der Waals surface area contributed by atoms with Gasteiger partial charge in [0.15, 0.2) is 0 Å². The molecule has 2 atom stereocenters. The SMILES string of the molecule is C[C@@H]1CN(Cc2cccs2)[C@@H](C)CN1C(=O)OC(C)(C)C. The summed E-state index contributed by atoms with van der Waals surface area (Å²) in [5.41, 5.74) is -0.436. The quantitative estimate of drug-likeness (QED) is 0.837. The highest BCUT2D eigenvalue weighted by Crippen LogP contribution is 2.22. The summed E-state index contributed by atoms with van der Waals surface area (Å²) in [6, 6.07) is 4.78. The third-order valence-electron chi connectivity index (χ3n) is 3.68. The summed E-state index contributed by atoms with van der Waals surface area (Å²) in [6.45, 7) is 12.6. The molecule has 0 bridgehead atoms. The van der Waals surface area contributed by atoms with Crippen LogP contribution in [0.1, 0.15) is 39.5 Å². The molecule has 0 N–H and O–H groups in total. The van der Waals surface area contributed by atoms with Crippen molar-refractivity contribution in [2.75, 3.05) is 13.1 Å². The molecule has 0 spiro atoms. The molecule has 118 valence electrons. The zero-order valence-corrected chi connectivity index (χ0v) is 14.4. The highest BCUT2D eigenvalue weighted by Gasteiger charge is 2.34. The second-order valence-electron chi connectivity index (χ2n) is 6.84. The van der Waals surface area contributed by atoms with Crippen LogP contribution in [0.4, 0.5) is 4.79 Å². The van der Waals surface area contributed by atoms with Gasteiger partial charge in [0, 0.05) is 36.6 Å². The lowest BCUT2D eigenvalue weighted by atomic mass is 10.1. The van der Waals surface area contributed by atoms with E-state index in [0.717, 1.165) is 19.6 Å². The molecule has 5 heteroatoms. The number of carbonyl (C=O) groups excluding carboxylic acids is 1. The van der Waals surface area contributed by atoms with Crippen molar-refractivity contribution in [3.63, 3.8) is 0 Å². The van der Waals surface area contributed by atoms with Gasteiger partial charge in [0.1, 0.15) is 5.60 Å². The van der Waals surface area contributed by atoms with Crippen molar-refractivity contribution in [3.05, 3.63) is 22.4 Å². The Bertz CT molecular complexity index is 467. The molecular formula is C16H26N2O2S. The Morgan fingerprint density at radius 3 is 2.62 bits per heavy atom. The van der Waals surface area contributed by atoms with Gasteiger partial charge in [0.25, 0.3) is 0 Å². The van der Waals surface area contributed by atoms with Crippen molar-refractivity contribution < 1.29 is 9.53 Å². The zero-order valence-electron chi connectivity index (χ0n) is 13.6. The van der Waals surface area contributed by atoms with Gasteiger partial charge in [-0.3, -0.25) is 4.90 Å². The molecule has 2 rings (SSSR count). The number of thiophene rings is 1. The molecule has 1 aromatic rings. The minimum absolute atomic E-state index is 0.177. The Morgan fingerprint density at radius 1 is 1.33 bits per heavy atom. The predicted molar refractivity (Wildman–Crippen MR) is 86.6 cm³/mol. The number of rotatable bonds is 2. The second kappa shape index (κ2) is 6.36. The lowest BCUT2D eigenvalue weighted by Crippen LogP contribution is -2.58. The van der Waals surface area contributed by atoms with Gasteiger partial charge in [-0.15, -0.1) is 11.3 Å². The monoisotopic (exact) mass is 310 g/mol. The first kappa shape index (κ1) is 16.3. The van der Waals surface area contributed by atoms with E-state index in [1.54, 1.807) is 11.3 Å². The van der Waals surface area contributed by atoms with Gasteiger partial charge in [0.05, 0.1) is 0 Å². The molecule has 0 radical (unpaired) electrons.